The first kappa shape index (κ1) is 19.3. The highest BCUT2D eigenvalue weighted by atomic mass is 32.1. The first-order valence-electron chi connectivity index (χ1n) is 9.52. The van der Waals surface area contributed by atoms with E-state index in [9.17, 15) is 19.2 Å². The molecule has 150 valence electrons. The number of benzene rings is 1. The van der Waals surface area contributed by atoms with Crippen LogP contribution in [0.4, 0.5) is 5.00 Å². The van der Waals surface area contributed by atoms with Crippen LogP contribution in [0.3, 0.4) is 0 Å². The standard InChI is InChI=1S/C21H21N3O4S/c1-11-7-8-14-15(9-11)29-19(17(14)18(26)22-2)23-16(25)10-24-20(27)12-5-3-4-6-13(12)21(24)28/h3-6,11H,7-10H2,1-2H3,(H,22,26)(H,23,25). The van der Waals surface area contributed by atoms with Gasteiger partial charge in [0, 0.05) is 11.9 Å². The summed E-state index contributed by atoms with van der Waals surface area (Å²) in [7, 11) is 1.56. The Morgan fingerprint density at radius 3 is 2.45 bits per heavy atom. The van der Waals surface area contributed by atoms with Crippen LogP contribution in [0.1, 0.15) is 54.9 Å². The van der Waals surface area contributed by atoms with Crippen LogP contribution in [-0.4, -0.2) is 42.1 Å². The fourth-order valence-electron chi connectivity index (χ4n) is 3.90. The van der Waals surface area contributed by atoms with Crippen LogP contribution in [0.25, 0.3) is 0 Å². The van der Waals surface area contributed by atoms with Crippen LogP contribution in [-0.2, 0) is 17.6 Å². The Hall–Kier alpha value is -3.00. The van der Waals surface area contributed by atoms with Crippen molar-refractivity contribution in [2.24, 2.45) is 5.92 Å². The molecule has 0 radical (unpaired) electrons. The smallest absolute Gasteiger partial charge is 0.262 e. The Morgan fingerprint density at radius 1 is 1.17 bits per heavy atom. The zero-order chi connectivity index (χ0) is 20.7. The molecule has 4 rings (SSSR count). The molecule has 2 N–H and O–H groups in total. The van der Waals surface area contributed by atoms with Crippen molar-refractivity contribution >= 4 is 40.0 Å². The monoisotopic (exact) mass is 411 g/mol. The molecule has 1 aliphatic carbocycles. The third-order valence-corrected chi connectivity index (χ3v) is 6.57. The summed E-state index contributed by atoms with van der Waals surface area (Å²) < 4.78 is 0. The lowest BCUT2D eigenvalue weighted by atomic mass is 9.88. The summed E-state index contributed by atoms with van der Waals surface area (Å²) >= 11 is 1.40. The van der Waals surface area contributed by atoms with Gasteiger partial charge in [0.25, 0.3) is 17.7 Å². The third kappa shape index (κ3) is 3.33. The van der Waals surface area contributed by atoms with Crippen LogP contribution in [0, 0.1) is 5.92 Å². The van der Waals surface area contributed by atoms with Gasteiger partial charge in [-0.25, -0.2) is 0 Å². The first-order valence-corrected chi connectivity index (χ1v) is 10.3. The fourth-order valence-corrected chi connectivity index (χ4v) is 5.32. The summed E-state index contributed by atoms with van der Waals surface area (Å²) in [6, 6.07) is 6.51. The summed E-state index contributed by atoms with van der Waals surface area (Å²) in [5, 5.41) is 5.88. The van der Waals surface area contributed by atoms with Gasteiger partial charge in [0.2, 0.25) is 5.91 Å². The SMILES string of the molecule is CNC(=O)c1c(NC(=O)CN2C(=O)c3ccccc3C2=O)sc2c1CCC(C)C2. The number of nitrogens with zero attached hydrogens (tertiary/aromatic N) is 1. The van der Waals surface area contributed by atoms with Gasteiger partial charge < -0.3 is 10.6 Å². The number of thiophene rings is 1. The predicted molar refractivity (Wildman–Crippen MR) is 109 cm³/mol. The number of fused-ring (bicyclic) bond motifs is 2. The van der Waals surface area contributed by atoms with Gasteiger partial charge in [-0.05, 0) is 42.9 Å². The summed E-state index contributed by atoms with van der Waals surface area (Å²) in [6.07, 6.45) is 2.67. The number of hydrogen-bond donors (Lipinski definition) is 2. The zero-order valence-corrected chi connectivity index (χ0v) is 17.0. The van der Waals surface area contributed by atoms with Crippen molar-refractivity contribution in [2.75, 3.05) is 18.9 Å². The van der Waals surface area contributed by atoms with Gasteiger partial charge in [0.05, 0.1) is 16.7 Å². The molecule has 2 aliphatic rings. The van der Waals surface area contributed by atoms with Crippen LogP contribution in [0.5, 0.6) is 0 Å². The molecule has 8 heteroatoms. The molecule has 1 unspecified atom stereocenters. The molecule has 0 spiro atoms. The van der Waals surface area contributed by atoms with Crippen molar-refractivity contribution in [1.82, 2.24) is 10.2 Å². The first-order chi connectivity index (χ1) is 13.9. The molecule has 4 amide bonds. The van der Waals surface area contributed by atoms with Gasteiger partial charge in [0.1, 0.15) is 11.5 Å². The molecular formula is C21H21N3O4S. The minimum atomic E-state index is -0.503. The lowest BCUT2D eigenvalue weighted by Gasteiger charge is -2.18. The van der Waals surface area contributed by atoms with Gasteiger partial charge in [-0.15, -0.1) is 11.3 Å². The molecule has 1 atom stereocenters. The molecule has 0 bridgehead atoms. The van der Waals surface area contributed by atoms with Gasteiger partial charge in [-0.1, -0.05) is 19.1 Å². The second-order valence-electron chi connectivity index (χ2n) is 7.43. The Labute approximate surface area is 172 Å². The number of carbonyl (C=O) groups is 4. The van der Waals surface area contributed by atoms with Crippen molar-refractivity contribution in [3.05, 3.63) is 51.4 Å². The number of imide groups is 1. The van der Waals surface area contributed by atoms with Crippen LogP contribution in [0.15, 0.2) is 24.3 Å². The molecular weight excluding hydrogens is 390 g/mol. The Bertz CT molecular complexity index is 1010. The van der Waals surface area contributed by atoms with Crippen molar-refractivity contribution in [3.8, 4) is 0 Å². The Morgan fingerprint density at radius 2 is 1.83 bits per heavy atom. The summed E-state index contributed by atoms with van der Waals surface area (Å²) in [5.41, 5.74) is 2.09. The number of rotatable bonds is 4. The van der Waals surface area contributed by atoms with E-state index in [4.69, 9.17) is 0 Å². The summed E-state index contributed by atoms with van der Waals surface area (Å²) in [6.45, 7) is 1.78. The number of anilines is 1. The Balaban J connectivity index is 1.56. The maximum atomic E-state index is 12.7. The van der Waals surface area contributed by atoms with E-state index >= 15 is 0 Å². The normalized spacial score (nSPS) is 17.7. The van der Waals surface area contributed by atoms with Crippen molar-refractivity contribution < 1.29 is 19.2 Å². The third-order valence-electron chi connectivity index (χ3n) is 5.40. The average molecular weight is 411 g/mol. The predicted octanol–water partition coefficient (Wildman–Crippen LogP) is 2.47. The van der Waals surface area contributed by atoms with Crippen molar-refractivity contribution in [3.63, 3.8) is 0 Å². The van der Waals surface area contributed by atoms with Gasteiger partial charge in [0.15, 0.2) is 0 Å². The molecule has 2 heterocycles. The Kier molecular flexibility index (Phi) is 4.96. The average Bonchev–Trinajstić information content (AvgIpc) is 3.17. The molecule has 1 aromatic carbocycles. The van der Waals surface area contributed by atoms with Crippen LogP contribution in [0.2, 0.25) is 0 Å². The summed E-state index contributed by atoms with van der Waals surface area (Å²) in [4.78, 5) is 52.1. The molecule has 29 heavy (non-hydrogen) atoms. The highest BCUT2D eigenvalue weighted by Gasteiger charge is 2.36. The largest absolute Gasteiger partial charge is 0.355 e. The number of nitrogens with one attached hydrogen (secondary N) is 2. The quantitative estimate of drug-likeness (QED) is 0.756. The highest BCUT2D eigenvalue weighted by Crippen LogP contribution is 2.39. The van der Waals surface area contributed by atoms with Crippen molar-refractivity contribution in [2.45, 2.75) is 26.2 Å². The second kappa shape index (κ2) is 7.44. The number of carbonyl (C=O) groups excluding carboxylic acids is 4. The molecule has 1 aliphatic heterocycles. The van der Waals surface area contributed by atoms with E-state index < -0.39 is 24.3 Å². The molecule has 7 nitrogen and oxygen atoms in total. The van der Waals surface area contributed by atoms with E-state index in [2.05, 4.69) is 17.6 Å². The van der Waals surface area contributed by atoms with E-state index in [0.29, 0.717) is 27.6 Å². The van der Waals surface area contributed by atoms with Crippen LogP contribution < -0.4 is 10.6 Å². The van der Waals surface area contributed by atoms with E-state index in [0.717, 1.165) is 34.6 Å². The fraction of sp³-hybridized carbons (Fsp3) is 0.333. The van der Waals surface area contributed by atoms with E-state index in [1.54, 1.807) is 31.3 Å². The van der Waals surface area contributed by atoms with Gasteiger partial charge in [-0.2, -0.15) is 0 Å². The van der Waals surface area contributed by atoms with E-state index in [-0.39, 0.29) is 5.91 Å². The number of hydrogen-bond acceptors (Lipinski definition) is 5. The van der Waals surface area contributed by atoms with Gasteiger partial charge in [-0.3, -0.25) is 24.1 Å². The summed E-state index contributed by atoms with van der Waals surface area (Å²) in [5.74, 6) is -1.18. The topological polar surface area (TPSA) is 95.6 Å². The molecule has 1 aromatic heterocycles. The molecule has 2 aromatic rings. The van der Waals surface area contributed by atoms with E-state index in [1.165, 1.54) is 11.3 Å². The van der Waals surface area contributed by atoms with E-state index in [1.807, 2.05) is 0 Å². The molecule has 0 saturated carbocycles. The molecule has 0 saturated heterocycles. The maximum absolute atomic E-state index is 12.7. The lowest BCUT2D eigenvalue weighted by molar-refractivity contribution is -0.116. The second-order valence-corrected chi connectivity index (χ2v) is 8.53. The lowest BCUT2D eigenvalue weighted by Crippen LogP contribution is -2.37. The minimum absolute atomic E-state index is 0.243. The molecule has 0 fully saturated rings. The zero-order valence-electron chi connectivity index (χ0n) is 16.2. The minimum Gasteiger partial charge on any atom is -0.355 e. The number of amides is 4. The van der Waals surface area contributed by atoms with Crippen LogP contribution >= 0.6 is 11.3 Å². The van der Waals surface area contributed by atoms with Crippen molar-refractivity contribution in [1.29, 1.82) is 0 Å². The maximum Gasteiger partial charge on any atom is 0.262 e. The highest BCUT2D eigenvalue weighted by molar-refractivity contribution is 7.17. The van der Waals surface area contributed by atoms with Gasteiger partial charge >= 0.3 is 0 Å².